The van der Waals surface area contributed by atoms with Crippen molar-refractivity contribution in [3.63, 3.8) is 0 Å². The smallest absolute Gasteiger partial charge is 0.414 e. The molecule has 0 unspecified atom stereocenters. The molecule has 174 valence electrons. The standard InChI is InChI=1S/C22H30FN3O5Si/c1-22(2,3)32(4,5)31-16-11-25(12-16)19-7-6-15(10-18(19)23)26-13-17(30-21(26)27)14-28-20-8-9-29-24-20/h6-10,16-17H,11-14H2,1-5H3/t17-/m1/s1. The van der Waals surface area contributed by atoms with Gasteiger partial charge in [0.05, 0.1) is 24.0 Å². The van der Waals surface area contributed by atoms with Crippen molar-refractivity contribution >= 4 is 25.8 Å². The van der Waals surface area contributed by atoms with Crippen molar-refractivity contribution in [3.05, 3.63) is 36.3 Å². The maximum absolute atomic E-state index is 14.9. The molecule has 0 bridgehead atoms. The van der Waals surface area contributed by atoms with Crippen molar-refractivity contribution in [1.82, 2.24) is 5.16 Å². The largest absolute Gasteiger partial charge is 0.471 e. The van der Waals surface area contributed by atoms with Crippen LogP contribution >= 0.6 is 0 Å². The third-order valence-corrected chi connectivity index (χ3v) is 10.9. The first-order chi connectivity index (χ1) is 15.0. The lowest BCUT2D eigenvalue weighted by atomic mass is 10.1. The van der Waals surface area contributed by atoms with E-state index in [2.05, 4.69) is 39.0 Å². The summed E-state index contributed by atoms with van der Waals surface area (Å²) >= 11 is 0. The second-order valence-electron chi connectivity index (χ2n) is 9.81. The highest BCUT2D eigenvalue weighted by atomic mass is 28.4. The molecule has 3 heterocycles. The molecule has 2 aromatic rings. The highest BCUT2D eigenvalue weighted by Crippen LogP contribution is 2.39. The average Bonchev–Trinajstić information content (AvgIpc) is 3.31. The molecule has 2 aliphatic heterocycles. The van der Waals surface area contributed by atoms with Crippen molar-refractivity contribution in [2.45, 2.75) is 51.1 Å². The van der Waals surface area contributed by atoms with Crippen LogP contribution in [0.5, 0.6) is 5.88 Å². The monoisotopic (exact) mass is 463 g/mol. The molecule has 0 saturated carbocycles. The van der Waals surface area contributed by atoms with Crippen LogP contribution in [0.4, 0.5) is 20.6 Å². The second kappa shape index (κ2) is 8.40. The fraction of sp³-hybridized carbons (Fsp3) is 0.545. The van der Waals surface area contributed by atoms with Gasteiger partial charge in [-0.15, -0.1) is 0 Å². The molecule has 0 radical (unpaired) electrons. The number of hydrogen-bond acceptors (Lipinski definition) is 7. The van der Waals surface area contributed by atoms with E-state index in [1.165, 1.54) is 17.2 Å². The first-order valence-corrected chi connectivity index (χ1v) is 13.7. The number of carbonyl (C=O) groups excluding carboxylic acids is 1. The molecule has 0 spiro atoms. The molecule has 2 saturated heterocycles. The van der Waals surface area contributed by atoms with Crippen molar-refractivity contribution in [2.24, 2.45) is 0 Å². The number of anilines is 2. The van der Waals surface area contributed by atoms with E-state index in [0.29, 0.717) is 30.3 Å². The van der Waals surface area contributed by atoms with Gasteiger partial charge < -0.3 is 23.3 Å². The van der Waals surface area contributed by atoms with Gasteiger partial charge >= 0.3 is 6.09 Å². The summed E-state index contributed by atoms with van der Waals surface area (Å²) in [5.74, 6) is -0.0522. The summed E-state index contributed by atoms with van der Waals surface area (Å²) in [5.41, 5.74) is 0.970. The van der Waals surface area contributed by atoms with Gasteiger partial charge in [0.15, 0.2) is 14.4 Å². The van der Waals surface area contributed by atoms with E-state index >= 15 is 0 Å². The van der Waals surface area contributed by atoms with Crippen molar-refractivity contribution in [1.29, 1.82) is 0 Å². The van der Waals surface area contributed by atoms with Crippen LogP contribution in [-0.2, 0) is 9.16 Å². The zero-order chi connectivity index (χ0) is 23.1. The molecular formula is C22H30FN3O5Si. The molecule has 0 aliphatic carbocycles. The Kier molecular flexibility index (Phi) is 5.93. The Hall–Kier alpha value is -2.59. The number of cyclic esters (lactones) is 1. The summed E-state index contributed by atoms with van der Waals surface area (Å²) in [6, 6.07) is 6.39. The fourth-order valence-electron chi connectivity index (χ4n) is 3.50. The average molecular weight is 464 g/mol. The number of halogens is 1. The summed E-state index contributed by atoms with van der Waals surface area (Å²) in [6.45, 7) is 12.8. The Balaban J connectivity index is 1.33. The first-order valence-electron chi connectivity index (χ1n) is 10.8. The van der Waals surface area contributed by atoms with Crippen LogP contribution in [0.25, 0.3) is 0 Å². The SMILES string of the molecule is CC(C)(C)[Si](C)(C)OC1CN(c2ccc(N3C[C@H](COc4ccon4)OC3=O)cc2F)C1. The van der Waals surface area contributed by atoms with E-state index in [1.807, 2.05) is 4.90 Å². The van der Waals surface area contributed by atoms with E-state index in [1.54, 1.807) is 18.2 Å². The molecular weight excluding hydrogens is 433 g/mol. The van der Waals surface area contributed by atoms with Gasteiger partial charge in [0, 0.05) is 19.2 Å². The van der Waals surface area contributed by atoms with Crippen LogP contribution in [0.15, 0.2) is 35.1 Å². The van der Waals surface area contributed by atoms with E-state index in [9.17, 15) is 9.18 Å². The van der Waals surface area contributed by atoms with Crippen molar-refractivity contribution < 1.29 is 27.6 Å². The number of rotatable bonds is 7. The van der Waals surface area contributed by atoms with Crippen LogP contribution in [0.2, 0.25) is 18.1 Å². The molecule has 1 atom stereocenters. The van der Waals surface area contributed by atoms with Gasteiger partial charge in [0.25, 0.3) is 5.88 Å². The van der Waals surface area contributed by atoms with E-state index in [4.69, 9.17) is 18.4 Å². The summed E-state index contributed by atoms with van der Waals surface area (Å²) in [5, 5.41) is 3.79. The van der Waals surface area contributed by atoms with Gasteiger partial charge in [0.1, 0.15) is 18.7 Å². The number of hydrogen-bond donors (Lipinski definition) is 0. The lowest BCUT2D eigenvalue weighted by molar-refractivity contribution is 0.102. The lowest BCUT2D eigenvalue weighted by Gasteiger charge is -2.47. The minimum absolute atomic E-state index is 0.119. The second-order valence-corrected chi connectivity index (χ2v) is 14.6. The van der Waals surface area contributed by atoms with Crippen molar-refractivity contribution in [3.8, 4) is 5.88 Å². The minimum atomic E-state index is -1.85. The minimum Gasteiger partial charge on any atom is -0.471 e. The number of ether oxygens (including phenoxy) is 2. The molecule has 32 heavy (non-hydrogen) atoms. The van der Waals surface area contributed by atoms with Gasteiger partial charge in [-0.3, -0.25) is 4.90 Å². The Labute approximate surface area is 188 Å². The van der Waals surface area contributed by atoms with Gasteiger partial charge in [-0.1, -0.05) is 20.8 Å². The number of nitrogens with zero attached hydrogens (tertiary/aromatic N) is 3. The summed E-state index contributed by atoms with van der Waals surface area (Å²) in [7, 11) is -1.85. The van der Waals surface area contributed by atoms with Crippen LogP contribution in [0.3, 0.4) is 0 Å². The predicted octanol–water partition coefficient (Wildman–Crippen LogP) is 4.43. The van der Waals surface area contributed by atoms with E-state index < -0.39 is 20.5 Å². The zero-order valence-corrected chi connectivity index (χ0v) is 20.1. The molecule has 0 N–H and O–H groups in total. The van der Waals surface area contributed by atoms with Crippen LogP contribution < -0.4 is 14.5 Å². The predicted molar refractivity (Wildman–Crippen MR) is 120 cm³/mol. The normalized spacial score (nSPS) is 19.8. The van der Waals surface area contributed by atoms with Gasteiger partial charge in [-0.25, -0.2) is 9.18 Å². The Morgan fingerprint density at radius 1 is 1.22 bits per heavy atom. The third kappa shape index (κ3) is 4.61. The Bertz CT molecular complexity index is 957. The first kappa shape index (κ1) is 22.6. The van der Waals surface area contributed by atoms with E-state index in [0.717, 1.165) is 0 Å². The fourth-order valence-corrected chi connectivity index (χ4v) is 4.83. The molecule has 4 rings (SSSR count). The van der Waals surface area contributed by atoms with Crippen molar-refractivity contribution in [2.75, 3.05) is 36.0 Å². The molecule has 1 aromatic carbocycles. The highest BCUT2D eigenvalue weighted by molar-refractivity contribution is 6.74. The number of benzene rings is 1. The topological polar surface area (TPSA) is 77.3 Å². The van der Waals surface area contributed by atoms with Crippen LogP contribution in [0.1, 0.15) is 20.8 Å². The highest BCUT2D eigenvalue weighted by Gasteiger charge is 2.42. The molecule has 1 aromatic heterocycles. The van der Waals surface area contributed by atoms with Gasteiger partial charge in [-0.2, -0.15) is 0 Å². The molecule has 1 amide bonds. The van der Waals surface area contributed by atoms with Gasteiger partial charge in [-0.05, 0) is 41.5 Å². The lowest BCUT2D eigenvalue weighted by Crippen LogP contribution is -2.58. The van der Waals surface area contributed by atoms with E-state index in [-0.39, 0.29) is 30.1 Å². The molecule has 8 nitrogen and oxygen atoms in total. The maximum atomic E-state index is 14.9. The van der Waals surface area contributed by atoms with Gasteiger partial charge in [0.2, 0.25) is 0 Å². The third-order valence-electron chi connectivity index (χ3n) is 6.40. The molecule has 2 fully saturated rings. The Morgan fingerprint density at radius 2 is 1.97 bits per heavy atom. The maximum Gasteiger partial charge on any atom is 0.414 e. The number of amides is 1. The number of carbonyl (C=O) groups is 1. The summed E-state index contributed by atoms with van der Waals surface area (Å²) < 4.78 is 36.7. The Morgan fingerprint density at radius 3 is 2.59 bits per heavy atom. The molecule has 10 heteroatoms. The summed E-state index contributed by atoms with van der Waals surface area (Å²) in [6.07, 6.45) is 0.504. The summed E-state index contributed by atoms with van der Waals surface area (Å²) in [4.78, 5) is 15.6. The quantitative estimate of drug-likeness (QED) is 0.562. The van der Waals surface area contributed by atoms with Crippen LogP contribution in [0, 0.1) is 5.82 Å². The number of aromatic nitrogens is 1. The zero-order valence-electron chi connectivity index (χ0n) is 19.1. The molecule has 2 aliphatic rings. The van der Waals surface area contributed by atoms with Crippen LogP contribution in [-0.4, -0.2) is 58.0 Å².